The van der Waals surface area contributed by atoms with Crippen LogP contribution in [0.3, 0.4) is 0 Å². The van der Waals surface area contributed by atoms with Crippen LogP contribution in [0.4, 0.5) is 0 Å². The van der Waals surface area contributed by atoms with Gasteiger partial charge in [-0.25, -0.2) is 0 Å². The highest BCUT2D eigenvalue weighted by atomic mass is 16.6. The van der Waals surface area contributed by atoms with Crippen LogP contribution in [0.2, 0.25) is 0 Å². The average molecular weight is 168 g/mol. The molecule has 66 valence electrons. The van der Waals surface area contributed by atoms with Gasteiger partial charge in [0.2, 0.25) is 0 Å². The first-order chi connectivity index (χ1) is 5.75. The number of hydrogen-bond acceptors (Lipinski definition) is 4. The number of hydrogen-bond donors (Lipinski definition) is 0. The van der Waals surface area contributed by atoms with Crippen molar-refractivity contribution in [2.24, 2.45) is 0 Å². The molecule has 0 aromatic rings. The maximum Gasteiger partial charge on any atom is 0.304 e. The van der Waals surface area contributed by atoms with Crippen molar-refractivity contribution >= 4 is 5.97 Å². The molecule has 4 heteroatoms. The summed E-state index contributed by atoms with van der Waals surface area (Å²) in [5.74, 6) is -0.206. The fourth-order valence-corrected chi connectivity index (χ4v) is 1.57. The van der Waals surface area contributed by atoms with Crippen LogP contribution in [0.1, 0.15) is 6.92 Å². The largest absolute Gasteiger partial charge is 0.440 e. The van der Waals surface area contributed by atoms with Crippen LogP contribution < -0.4 is 0 Å². The molecule has 0 saturated carbocycles. The van der Waals surface area contributed by atoms with E-state index in [1.807, 2.05) is 12.4 Å². The van der Waals surface area contributed by atoms with Crippen LogP contribution in [0.25, 0.3) is 0 Å². The number of fused-ring (bicyclic) bond motifs is 2. The first kappa shape index (κ1) is 7.46. The van der Waals surface area contributed by atoms with Gasteiger partial charge in [0.1, 0.15) is 0 Å². The van der Waals surface area contributed by atoms with Crippen LogP contribution in [0.15, 0.2) is 12.4 Å². The van der Waals surface area contributed by atoms with Crippen molar-refractivity contribution in [3.05, 3.63) is 12.4 Å². The van der Waals surface area contributed by atoms with E-state index in [1.54, 1.807) is 0 Å². The molecule has 0 aromatic carbocycles. The zero-order valence-corrected chi connectivity index (χ0v) is 7.06. The van der Waals surface area contributed by atoms with Gasteiger partial charge in [0, 0.05) is 32.4 Å². The monoisotopic (exact) mass is 168 g/mol. The predicted molar refractivity (Wildman–Crippen MR) is 43.0 cm³/mol. The number of ether oxygens (including phenoxy) is 1. The third kappa shape index (κ3) is 1.24. The zero-order valence-electron chi connectivity index (χ0n) is 7.06. The van der Waals surface area contributed by atoms with Crippen molar-refractivity contribution in [1.29, 1.82) is 0 Å². The highest BCUT2D eigenvalue weighted by Gasteiger charge is 2.28. The Hall–Kier alpha value is -1.19. The zero-order chi connectivity index (χ0) is 8.55. The van der Waals surface area contributed by atoms with Gasteiger partial charge in [-0.1, -0.05) is 0 Å². The van der Waals surface area contributed by atoms with Gasteiger partial charge in [-0.3, -0.25) is 4.79 Å². The lowest BCUT2D eigenvalue weighted by Crippen LogP contribution is -2.54. The molecule has 0 radical (unpaired) electrons. The summed E-state index contributed by atoms with van der Waals surface area (Å²) in [6, 6.07) is 0. The summed E-state index contributed by atoms with van der Waals surface area (Å²) in [6.07, 6.45) is 3.94. The molecule has 0 aromatic heterocycles. The maximum atomic E-state index is 10.7. The highest BCUT2D eigenvalue weighted by molar-refractivity contribution is 5.66. The Labute approximate surface area is 71.4 Å². The number of piperazine rings is 1. The lowest BCUT2D eigenvalue weighted by Gasteiger charge is -2.43. The highest BCUT2D eigenvalue weighted by Crippen LogP contribution is 2.17. The Morgan fingerprint density at radius 1 is 1.50 bits per heavy atom. The number of carbonyl (C=O) groups excluding carboxylic acids is 1. The Bertz CT molecular complexity index is 227. The Morgan fingerprint density at radius 2 is 2.33 bits per heavy atom. The molecule has 0 N–H and O–H groups in total. The third-order valence-electron chi connectivity index (χ3n) is 2.18. The molecule has 3 rings (SSSR count). The standard InChI is InChI=1S/C8H12N2O2/c1-7(11)12-8-6-9-2-4-10(8)5-3-9/h2,4,8H,3,5-6H2,1H3. The van der Waals surface area contributed by atoms with E-state index in [-0.39, 0.29) is 12.2 Å². The van der Waals surface area contributed by atoms with Crippen LogP contribution in [0.5, 0.6) is 0 Å². The van der Waals surface area contributed by atoms with Gasteiger partial charge in [-0.2, -0.15) is 0 Å². The smallest absolute Gasteiger partial charge is 0.304 e. The normalized spacial score (nSPS) is 26.2. The fourth-order valence-electron chi connectivity index (χ4n) is 1.57. The molecule has 3 aliphatic heterocycles. The minimum atomic E-state index is -0.206. The van der Waals surface area contributed by atoms with E-state index in [1.165, 1.54) is 6.92 Å². The van der Waals surface area contributed by atoms with Crippen molar-refractivity contribution in [1.82, 2.24) is 9.80 Å². The summed E-state index contributed by atoms with van der Waals surface area (Å²) in [5, 5.41) is 0. The topological polar surface area (TPSA) is 32.8 Å². The lowest BCUT2D eigenvalue weighted by atomic mass is 10.2. The van der Waals surface area contributed by atoms with Gasteiger partial charge < -0.3 is 14.5 Å². The van der Waals surface area contributed by atoms with E-state index in [0.717, 1.165) is 19.6 Å². The second-order valence-corrected chi connectivity index (χ2v) is 3.09. The quantitative estimate of drug-likeness (QED) is 0.515. The van der Waals surface area contributed by atoms with E-state index >= 15 is 0 Å². The van der Waals surface area contributed by atoms with E-state index in [9.17, 15) is 4.79 Å². The summed E-state index contributed by atoms with van der Waals surface area (Å²) in [6.45, 7) is 4.24. The number of carbonyl (C=O) groups is 1. The lowest BCUT2D eigenvalue weighted by molar-refractivity contribution is -0.159. The van der Waals surface area contributed by atoms with Gasteiger partial charge in [0.25, 0.3) is 0 Å². The van der Waals surface area contributed by atoms with Gasteiger partial charge >= 0.3 is 5.97 Å². The first-order valence-electron chi connectivity index (χ1n) is 4.11. The predicted octanol–water partition coefficient (Wildman–Crippen LogP) is -0.0220. The van der Waals surface area contributed by atoms with Crippen LogP contribution >= 0.6 is 0 Å². The van der Waals surface area contributed by atoms with E-state index in [0.29, 0.717) is 0 Å². The summed E-state index contributed by atoms with van der Waals surface area (Å²) < 4.78 is 5.12. The van der Waals surface area contributed by atoms with Crippen LogP contribution in [-0.4, -0.2) is 41.6 Å². The third-order valence-corrected chi connectivity index (χ3v) is 2.18. The van der Waals surface area contributed by atoms with Crippen LogP contribution in [0, 0.1) is 0 Å². The van der Waals surface area contributed by atoms with E-state index in [4.69, 9.17) is 4.74 Å². The molecular weight excluding hydrogens is 156 g/mol. The number of esters is 1. The van der Waals surface area contributed by atoms with Gasteiger partial charge in [0.05, 0.1) is 6.54 Å². The Balaban J connectivity index is 2.01. The van der Waals surface area contributed by atoms with Crippen molar-refractivity contribution in [3.63, 3.8) is 0 Å². The van der Waals surface area contributed by atoms with Crippen molar-refractivity contribution in [3.8, 4) is 0 Å². The van der Waals surface area contributed by atoms with Crippen molar-refractivity contribution in [2.75, 3.05) is 19.6 Å². The first-order valence-corrected chi connectivity index (χ1v) is 4.11. The minimum absolute atomic E-state index is 0.0683. The molecule has 3 heterocycles. The van der Waals surface area contributed by atoms with Crippen LogP contribution in [-0.2, 0) is 9.53 Å². The van der Waals surface area contributed by atoms with Crippen molar-refractivity contribution < 1.29 is 9.53 Å². The maximum absolute atomic E-state index is 10.7. The van der Waals surface area contributed by atoms with E-state index in [2.05, 4.69) is 9.80 Å². The van der Waals surface area contributed by atoms with Crippen molar-refractivity contribution in [2.45, 2.75) is 13.2 Å². The average Bonchev–Trinajstić information content (AvgIpc) is 2.05. The van der Waals surface area contributed by atoms with Gasteiger partial charge in [-0.05, 0) is 0 Å². The van der Waals surface area contributed by atoms with Gasteiger partial charge in [0.15, 0.2) is 6.23 Å². The molecule has 12 heavy (non-hydrogen) atoms. The fraction of sp³-hybridized carbons (Fsp3) is 0.625. The summed E-state index contributed by atoms with van der Waals surface area (Å²) in [7, 11) is 0. The van der Waals surface area contributed by atoms with E-state index < -0.39 is 0 Å². The molecule has 0 spiro atoms. The molecule has 3 aliphatic rings. The molecule has 4 nitrogen and oxygen atoms in total. The Kier molecular flexibility index (Phi) is 1.67. The molecule has 0 amide bonds. The second kappa shape index (κ2) is 2.69. The van der Waals surface area contributed by atoms with Gasteiger partial charge in [-0.15, -0.1) is 0 Å². The summed E-state index contributed by atoms with van der Waals surface area (Å²) >= 11 is 0. The molecule has 1 fully saturated rings. The molecule has 2 bridgehead atoms. The SMILES string of the molecule is CC(=O)OC1CN2C=CN1CC2. The molecular formula is C8H12N2O2. The molecule has 1 unspecified atom stereocenters. The second-order valence-electron chi connectivity index (χ2n) is 3.09. The Morgan fingerprint density at radius 3 is 2.75 bits per heavy atom. The molecule has 0 aliphatic carbocycles. The minimum Gasteiger partial charge on any atom is -0.440 e. The summed E-state index contributed by atoms with van der Waals surface area (Å²) in [5.41, 5.74) is 0. The number of rotatable bonds is 1. The molecule has 1 atom stereocenters. The molecule has 1 saturated heterocycles. The number of nitrogens with zero attached hydrogens (tertiary/aromatic N) is 2. The summed E-state index contributed by atoms with van der Waals surface area (Å²) in [4.78, 5) is 14.9.